The van der Waals surface area contributed by atoms with Crippen molar-refractivity contribution >= 4 is 17.6 Å². The van der Waals surface area contributed by atoms with E-state index in [-0.39, 0.29) is 12.5 Å². The second kappa shape index (κ2) is 8.45. The summed E-state index contributed by atoms with van der Waals surface area (Å²) in [6.45, 7) is 0.0229. The van der Waals surface area contributed by atoms with Crippen LogP contribution in [-0.2, 0) is 11.3 Å². The van der Waals surface area contributed by atoms with Gasteiger partial charge in [0.25, 0.3) is 5.91 Å². The van der Waals surface area contributed by atoms with Gasteiger partial charge in [0, 0.05) is 16.8 Å². The molecule has 3 aromatic rings. The molecule has 3 aromatic carbocycles. The number of amides is 1. The summed E-state index contributed by atoms with van der Waals surface area (Å²) in [4.78, 5) is 24.3. The Morgan fingerprint density at radius 2 is 1.52 bits per heavy atom. The highest BCUT2D eigenvalue weighted by Crippen LogP contribution is 2.14. The molecule has 0 aliphatic heterocycles. The van der Waals surface area contributed by atoms with E-state index >= 15 is 0 Å². The van der Waals surface area contributed by atoms with Crippen molar-refractivity contribution in [3.05, 3.63) is 101 Å². The van der Waals surface area contributed by atoms with Crippen LogP contribution in [-0.4, -0.2) is 11.9 Å². The van der Waals surface area contributed by atoms with Crippen LogP contribution < -0.4 is 5.32 Å². The number of ether oxygens (including phenoxy) is 1. The van der Waals surface area contributed by atoms with E-state index in [2.05, 4.69) is 11.4 Å². The van der Waals surface area contributed by atoms with Crippen LogP contribution in [0.2, 0.25) is 0 Å². The number of benzene rings is 3. The number of esters is 1. The maximum absolute atomic E-state index is 12.2. The van der Waals surface area contributed by atoms with Gasteiger partial charge in [-0.1, -0.05) is 36.4 Å². The second-order valence-corrected chi connectivity index (χ2v) is 5.74. The smallest absolute Gasteiger partial charge is 0.338 e. The van der Waals surface area contributed by atoms with Gasteiger partial charge in [-0.3, -0.25) is 4.79 Å². The number of rotatable bonds is 5. The molecule has 0 aliphatic rings. The average Bonchev–Trinajstić information content (AvgIpc) is 2.73. The van der Waals surface area contributed by atoms with Gasteiger partial charge >= 0.3 is 5.97 Å². The second-order valence-electron chi connectivity index (χ2n) is 5.74. The lowest BCUT2D eigenvalue weighted by molar-refractivity contribution is 0.0472. The van der Waals surface area contributed by atoms with Crippen molar-refractivity contribution in [1.29, 1.82) is 5.26 Å². The molecule has 0 fully saturated rings. The SMILES string of the molecule is N#Cc1ccccc1COC(=O)c1ccc(NC(=O)c2ccccc2)cc1. The zero-order valence-electron chi connectivity index (χ0n) is 14.4. The number of hydrogen-bond acceptors (Lipinski definition) is 4. The Hall–Kier alpha value is -3.91. The number of anilines is 1. The molecule has 0 unspecified atom stereocenters. The highest BCUT2D eigenvalue weighted by atomic mass is 16.5. The first-order valence-electron chi connectivity index (χ1n) is 8.29. The van der Waals surface area contributed by atoms with Crippen LogP contribution in [0, 0.1) is 11.3 Å². The lowest BCUT2D eigenvalue weighted by Gasteiger charge is -2.08. The fraction of sp³-hybridized carbons (Fsp3) is 0.0455. The first-order chi connectivity index (χ1) is 13.2. The zero-order valence-corrected chi connectivity index (χ0v) is 14.4. The Balaban J connectivity index is 1.60. The number of nitrogens with one attached hydrogen (secondary N) is 1. The van der Waals surface area contributed by atoms with E-state index in [0.29, 0.717) is 27.9 Å². The first-order valence-corrected chi connectivity index (χ1v) is 8.29. The molecule has 5 heteroatoms. The Morgan fingerprint density at radius 1 is 0.852 bits per heavy atom. The molecular formula is C22H16N2O3. The number of carbonyl (C=O) groups is 2. The number of hydrogen-bond donors (Lipinski definition) is 1. The minimum atomic E-state index is -0.497. The maximum Gasteiger partial charge on any atom is 0.338 e. The molecule has 0 bridgehead atoms. The van der Waals surface area contributed by atoms with Crippen LogP contribution in [0.5, 0.6) is 0 Å². The lowest BCUT2D eigenvalue weighted by Crippen LogP contribution is -2.12. The van der Waals surface area contributed by atoms with E-state index < -0.39 is 5.97 Å². The maximum atomic E-state index is 12.2. The van der Waals surface area contributed by atoms with Gasteiger partial charge in [-0.05, 0) is 42.5 Å². The van der Waals surface area contributed by atoms with Crippen LogP contribution in [0.25, 0.3) is 0 Å². The molecule has 0 atom stereocenters. The Kier molecular flexibility index (Phi) is 5.60. The van der Waals surface area contributed by atoms with Gasteiger partial charge in [-0.2, -0.15) is 5.26 Å². The molecule has 0 heterocycles. The third-order valence-electron chi connectivity index (χ3n) is 3.91. The Labute approximate surface area is 156 Å². The molecule has 3 rings (SSSR count). The molecule has 1 N–H and O–H groups in total. The van der Waals surface area contributed by atoms with Gasteiger partial charge in [-0.15, -0.1) is 0 Å². The first kappa shape index (κ1) is 17.9. The van der Waals surface area contributed by atoms with E-state index in [1.54, 1.807) is 72.8 Å². The molecule has 0 aromatic heterocycles. The van der Waals surface area contributed by atoms with Crippen molar-refractivity contribution in [2.24, 2.45) is 0 Å². The van der Waals surface area contributed by atoms with Crippen molar-refractivity contribution in [1.82, 2.24) is 0 Å². The number of nitrogens with zero attached hydrogens (tertiary/aromatic N) is 1. The molecule has 132 valence electrons. The van der Waals surface area contributed by atoms with Crippen LogP contribution in [0.4, 0.5) is 5.69 Å². The molecule has 0 spiro atoms. The monoisotopic (exact) mass is 356 g/mol. The molecular weight excluding hydrogens is 340 g/mol. The third kappa shape index (κ3) is 4.59. The predicted octanol–water partition coefficient (Wildman–Crippen LogP) is 4.17. The molecule has 27 heavy (non-hydrogen) atoms. The summed E-state index contributed by atoms with van der Waals surface area (Å²) in [7, 11) is 0. The fourth-order valence-electron chi connectivity index (χ4n) is 2.46. The summed E-state index contributed by atoms with van der Waals surface area (Å²) in [6, 6.07) is 24.3. The summed E-state index contributed by atoms with van der Waals surface area (Å²) < 4.78 is 5.27. The van der Waals surface area contributed by atoms with Gasteiger partial charge < -0.3 is 10.1 Å². The molecule has 1 amide bonds. The van der Waals surface area contributed by atoms with Crippen molar-refractivity contribution in [2.45, 2.75) is 6.61 Å². The summed E-state index contributed by atoms with van der Waals surface area (Å²) in [5, 5.41) is 11.8. The third-order valence-corrected chi connectivity index (χ3v) is 3.91. The van der Waals surface area contributed by atoms with Gasteiger partial charge in [0.15, 0.2) is 0 Å². The minimum absolute atomic E-state index is 0.0229. The number of carbonyl (C=O) groups excluding carboxylic acids is 2. The van der Waals surface area contributed by atoms with Crippen molar-refractivity contribution in [2.75, 3.05) is 5.32 Å². The normalized spacial score (nSPS) is 9.89. The van der Waals surface area contributed by atoms with Gasteiger partial charge in [0.2, 0.25) is 0 Å². The molecule has 0 radical (unpaired) electrons. The van der Waals surface area contributed by atoms with Crippen LogP contribution in [0.15, 0.2) is 78.9 Å². The Morgan fingerprint density at radius 3 is 2.22 bits per heavy atom. The van der Waals surface area contributed by atoms with E-state index in [0.717, 1.165) is 0 Å². The standard InChI is InChI=1S/C22H16N2O3/c23-14-18-8-4-5-9-19(18)15-27-22(26)17-10-12-20(13-11-17)24-21(25)16-6-2-1-3-7-16/h1-13H,15H2,(H,24,25). The van der Waals surface area contributed by atoms with Crippen LogP contribution in [0.1, 0.15) is 31.8 Å². The van der Waals surface area contributed by atoms with E-state index in [9.17, 15) is 9.59 Å². The van der Waals surface area contributed by atoms with Gasteiger partial charge in [-0.25, -0.2) is 4.79 Å². The van der Waals surface area contributed by atoms with Crippen LogP contribution >= 0.6 is 0 Å². The highest BCUT2D eigenvalue weighted by Gasteiger charge is 2.10. The van der Waals surface area contributed by atoms with Gasteiger partial charge in [0.05, 0.1) is 17.2 Å². The fourth-order valence-corrected chi connectivity index (χ4v) is 2.46. The summed E-state index contributed by atoms with van der Waals surface area (Å²) in [5.41, 5.74) is 2.62. The largest absolute Gasteiger partial charge is 0.457 e. The molecule has 5 nitrogen and oxygen atoms in total. The summed E-state index contributed by atoms with van der Waals surface area (Å²) in [5.74, 6) is -0.720. The van der Waals surface area contributed by atoms with E-state index in [4.69, 9.17) is 10.00 Å². The topological polar surface area (TPSA) is 79.2 Å². The Bertz CT molecular complexity index is 990. The molecule has 0 saturated carbocycles. The molecule has 0 saturated heterocycles. The quantitative estimate of drug-likeness (QED) is 0.696. The summed E-state index contributed by atoms with van der Waals surface area (Å²) in [6.07, 6.45) is 0. The average molecular weight is 356 g/mol. The van der Waals surface area contributed by atoms with E-state index in [1.807, 2.05) is 6.07 Å². The minimum Gasteiger partial charge on any atom is -0.457 e. The number of nitriles is 1. The highest BCUT2D eigenvalue weighted by molar-refractivity contribution is 6.04. The zero-order chi connectivity index (χ0) is 19.1. The lowest BCUT2D eigenvalue weighted by atomic mass is 10.1. The summed E-state index contributed by atoms with van der Waals surface area (Å²) >= 11 is 0. The van der Waals surface area contributed by atoms with Crippen molar-refractivity contribution < 1.29 is 14.3 Å². The predicted molar refractivity (Wildman–Crippen MR) is 101 cm³/mol. The van der Waals surface area contributed by atoms with Crippen LogP contribution in [0.3, 0.4) is 0 Å². The van der Waals surface area contributed by atoms with Crippen molar-refractivity contribution in [3.63, 3.8) is 0 Å². The molecule has 0 aliphatic carbocycles. The van der Waals surface area contributed by atoms with Gasteiger partial charge in [0.1, 0.15) is 6.61 Å². The van der Waals surface area contributed by atoms with E-state index in [1.165, 1.54) is 0 Å². The van der Waals surface area contributed by atoms with Crippen molar-refractivity contribution in [3.8, 4) is 6.07 Å².